The Balaban J connectivity index is 3.00. The minimum atomic E-state index is -1.01. The number of hydrogen-bond acceptors (Lipinski definition) is 4. The molecule has 17 heavy (non-hydrogen) atoms. The summed E-state index contributed by atoms with van der Waals surface area (Å²) >= 11 is 3.32. The molecule has 0 atom stereocenters. The summed E-state index contributed by atoms with van der Waals surface area (Å²) in [6, 6.07) is 5.07. The van der Waals surface area contributed by atoms with E-state index in [1.165, 1.54) is 0 Å². The highest BCUT2D eigenvalue weighted by atomic mass is 79.9. The van der Waals surface area contributed by atoms with Crippen LogP contribution in [0.1, 0.15) is 11.1 Å². The number of ketones is 1. The van der Waals surface area contributed by atoms with Crippen molar-refractivity contribution in [1.29, 1.82) is 0 Å². The maximum Gasteiger partial charge on any atom is 0.378 e. The molecule has 0 radical (unpaired) electrons. The Hall–Kier alpha value is -1.62. The van der Waals surface area contributed by atoms with Crippen LogP contribution in [-0.2, 0) is 14.3 Å². The first kappa shape index (κ1) is 13.4. The molecule has 0 aromatic heterocycles. The molecule has 0 aliphatic rings. The fourth-order valence-electron chi connectivity index (χ4n) is 1.17. The number of halogens is 1. The minimum absolute atomic E-state index is 0.268. The minimum Gasteiger partial charge on any atom is -0.507 e. The summed E-state index contributed by atoms with van der Waals surface area (Å²) in [4.78, 5) is 22.1. The van der Waals surface area contributed by atoms with E-state index < -0.39 is 11.8 Å². The van der Waals surface area contributed by atoms with Crippen molar-refractivity contribution in [2.45, 2.75) is 6.92 Å². The predicted molar refractivity (Wildman–Crippen MR) is 66.5 cm³/mol. The largest absolute Gasteiger partial charge is 0.507 e. The zero-order valence-electron chi connectivity index (χ0n) is 9.36. The van der Waals surface area contributed by atoms with E-state index in [2.05, 4.69) is 20.7 Å². The first-order chi connectivity index (χ1) is 7.95. The van der Waals surface area contributed by atoms with Crippen molar-refractivity contribution >= 4 is 33.4 Å². The molecular formula is C12H11BrO4. The molecule has 0 unspecified atom stereocenters. The SMILES string of the molecule is COC(=O)C(=O)/C=C(\O)c1ccc(Br)c(C)c1. The Morgan fingerprint density at radius 1 is 1.41 bits per heavy atom. The van der Waals surface area contributed by atoms with Crippen LogP contribution >= 0.6 is 15.9 Å². The summed E-state index contributed by atoms with van der Waals surface area (Å²) in [5.74, 6) is -2.17. The van der Waals surface area contributed by atoms with E-state index in [1.54, 1.807) is 18.2 Å². The second-order valence-electron chi connectivity index (χ2n) is 3.35. The van der Waals surface area contributed by atoms with E-state index in [9.17, 15) is 14.7 Å². The standard InChI is InChI=1S/C12H11BrO4/c1-7-5-8(3-4-9(7)13)10(14)6-11(15)12(16)17-2/h3-6,14H,1-2H3/b10-6-. The van der Waals surface area contributed by atoms with Gasteiger partial charge in [0.25, 0.3) is 5.78 Å². The third-order valence-electron chi connectivity index (χ3n) is 2.11. The first-order valence-corrected chi connectivity index (χ1v) is 5.54. The van der Waals surface area contributed by atoms with Gasteiger partial charge < -0.3 is 9.84 Å². The highest BCUT2D eigenvalue weighted by Gasteiger charge is 2.12. The smallest absolute Gasteiger partial charge is 0.378 e. The van der Waals surface area contributed by atoms with Gasteiger partial charge in [0.05, 0.1) is 7.11 Å². The number of benzene rings is 1. The predicted octanol–water partition coefficient (Wildman–Crippen LogP) is 2.40. The van der Waals surface area contributed by atoms with Crippen LogP contribution in [-0.4, -0.2) is 24.0 Å². The van der Waals surface area contributed by atoms with Crippen LogP contribution in [0.2, 0.25) is 0 Å². The molecule has 0 bridgehead atoms. The summed E-state index contributed by atoms with van der Waals surface area (Å²) in [5.41, 5.74) is 1.37. The number of carbonyl (C=O) groups excluding carboxylic acids is 2. The number of aliphatic hydroxyl groups is 1. The topological polar surface area (TPSA) is 63.6 Å². The van der Waals surface area contributed by atoms with Crippen molar-refractivity contribution in [1.82, 2.24) is 0 Å². The van der Waals surface area contributed by atoms with E-state index >= 15 is 0 Å². The zero-order chi connectivity index (χ0) is 13.0. The number of rotatable bonds is 3. The van der Waals surface area contributed by atoms with Crippen molar-refractivity contribution < 1.29 is 19.4 Å². The van der Waals surface area contributed by atoms with Crippen molar-refractivity contribution in [3.63, 3.8) is 0 Å². The summed E-state index contributed by atoms with van der Waals surface area (Å²) < 4.78 is 5.14. The van der Waals surface area contributed by atoms with Crippen molar-refractivity contribution in [2.75, 3.05) is 7.11 Å². The van der Waals surface area contributed by atoms with Gasteiger partial charge in [-0.3, -0.25) is 4.79 Å². The first-order valence-electron chi connectivity index (χ1n) is 4.75. The molecule has 1 N–H and O–H groups in total. The Kier molecular flexibility index (Phi) is 4.45. The van der Waals surface area contributed by atoms with Crippen LogP contribution in [0.5, 0.6) is 0 Å². The quantitative estimate of drug-likeness (QED) is 0.403. The van der Waals surface area contributed by atoms with E-state index in [0.717, 1.165) is 23.2 Å². The fourth-order valence-corrected chi connectivity index (χ4v) is 1.42. The van der Waals surface area contributed by atoms with E-state index in [-0.39, 0.29) is 5.76 Å². The molecule has 0 fully saturated rings. The van der Waals surface area contributed by atoms with E-state index in [4.69, 9.17) is 0 Å². The van der Waals surface area contributed by atoms with Gasteiger partial charge in [0.15, 0.2) is 0 Å². The van der Waals surface area contributed by atoms with Gasteiger partial charge >= 0.3 is 5.97 Å². The summed E-state index contributed by atoms with van der Waals surface area (Å²) in [5, 5.41) is 9.67. The zero-order valence-corrected chi connectivity index (χ0v) is 10.9. The third kappa shape index (κ3) is 3.42. The van der Waals surface area contributed by atoms with Crippen molar-refractivity contribution in [3.05, 3.63) is 39.9 Å². The third-order valence-corrected chi connectivity index (χ3v) is 3.00. The Labute approximate surface area is 107 Å². The van der Waals surface area contributed by atoms with Gasteiger partial charge in [0, 0.05) is 16.1 Å². The van der Waals surface area contributed by atoms with Gasteiger partial charge in [-0.25, -0.2) is 4.79 Å². The second-order valence-corrected chi connectivity index (χ2v) is 4.20. The normalized spacial score (nSPS) is 11.1. The van der Waals surface area contributed by atoms with E-state index in [1.807, 2.05) is 6.92 Å². The van der Waals surface area contributed by atoms with Gasteiger partial charge in [-0.2, -0.15) is 0 Å². The average Bonchev–Trinajstić information content (AvgIpc) is 2.31. The number of hydrogen-bond donors (Lipinski definition) is 1. The molecule has 0 saturated heterocycles. The molecule has 0 aliphatic heterocycles. The molecule has 90 valence electrons. The maximum absolute atomic E-state index is 11.2. The molecule has 0 heterocycles. The van der Waals surface area contributed by atoms with Crippen LogP contribution in [0.4, 0.5) is 0 Å². The molecule has 1 aromatic carbocycles. The van der Waals surface area contributed by atoms with Crippen LogP contribution in [0.25, 0.3) is 5.76 Å². The summed E-state index contributed by atoms with van der Waals surface area (Å²) in [7, 11) is 1.11. The molecule has 5 heteroatoms. The molecular weight excluding hydrogens is 288 g/mol. The van der Waals surface area contributed by atoms with Crippen molar-refractivity contribution in [3.8, 4) is 0 Å². The lowest BCUT2D eigenvalue weighted by Gasteiger charge is -2.03. The molecule has 4 nitrogen and oxygen atoms in total. The van der Waals surface area contributed by atoms with Crippen molar-refractivity contribution in [2.24, 2.45) is 0 Å². The highest BCUT2D eigenvalue weighted by molar-refractivity contribution is 9.10. The average molecular weight is 299 g/mol. The van der Waals surface area contributed by atoms with Gasteiger partial charge in [-0.15, -0.1) is 0 Å². The molecule has 1 rings (SSSR count). The monoisotopic (exact) mass is 298 g/mol. The molecule has 0 spiro atoms. The summed E-state index contributed by atoms with van der Waals surface area (Å²) in [6.07, 6.45) is 0.842. The number of methoxy groups -OCH3 is 1. The Bertz CT molecular complexity index is 491. The second kappa shape index (κ2) is 5.63. The van der Waals surface area contributed by atoms with Crippen LogP contribution in [0.15, 0.2) is 28.7 Å². The maximum atomic E-state index is 11.2. The van der Waals surface area contributed by atoms with Gasteiger partial charge in [-0.05, 0) is 24.6 Å². The van der Waals surface area contributed by atoms with Crippen LogP contribution < -0.4 is 0 Å². The highest BCUT2D eigenvalue weighted by Crippen LogP contribution is 2.20. The van der Waals surface area contributed by atoms with Gasteiger partial charge in [-0.1, -0.05) is 22.0 Å². The molecule has 0 aliphatic carbocycles. The van der Waals surface area contributed by atoms with Gasteiger partial charge in [0.1, 0.15) is 5.76 Å². The molecule has 0 saturated carbocycles. The Morgan fingerprint density at radius 3 is 2.59 bits per heavy atom. The number of esters is 1. The van der Waals surface area contributed by atoms with Crippen LogP contribution in [0.3, 0.4) is 0 Å². The summed E-state index contributed by atoms with van der Waals surface area (Å²) in [6.45, 7) is 1.85. The lowest BCUT2D eigenvalue weighted by molar-refractivity contribution is -0.149. The number of aliphatic hydroxyl groups excluding tert-OH is 1. The lowest BCUT2D eigenvalue weighted by Crippen LogP contribution is -2.13. The molecule has 1 aromatic rings. The number of carbonyl (C=O) groups is 2. The number of aryl methyl sites for hydroxylation is 1. The molecule has 0 amide bonds. The van der Waals surface area contributed by atoms with E-state index in [0.29, 0.717) is 5.56 Å². The van der Waals surface area contributed by atoms with Crippen LogP contribution in [0, 0.1) is 6.92 Å². The Morgan fingerprint density at radius 2 is 2.06 bits per heavy atom. The fraction of sp³-hybridized carbons (Fsp3) is 0.167. The lowest BCUT2D eigenvalue weighted by atomic mass is 10.1. The van der Waals surface area contributed by atoms with Gasteiger partial charge in [0.2, 0.25) is 0 Å². The number of ether oxygens (including phenoxy) is 1.